The van der Waals surface area contributed by atoms with Crippen LogP contribution in [0.15, 0.2) is 47.5 Å². The first-order chi connectivity index (χ1) is 27.6. The third kappa shape index (κ3) is 10.6. The minimum atomic E-state index is -0.606. The van der Waals surface area contributed by atoms with Crippen LogP contribution in [-0.2, 0) is 28.0 Å². The van der Waals surface area contributed by atoms with Crippen molar-refractivity contribution >= 4 is 34.3 Å². The van der Waals surface area contributed by atoms with Crippen molar-refractivity contribution < 1.29 is 28.2 Å². The highest BCUT2D eigenvalue weighted by molar-refractivity contribution is 6.01. The minimum Gasteiger partial charge on any atom is -0.496 e. The summed E-state index contributed by atoms with van der Waals surface area (Å²) < 4.78 is 27.9. The molecule has 57 heavy (non-hydrogen) atoms. The van der Waals surface area contributed by atoms with Crippen LogP contribution in [0.25, 0.3) is 22.0 Å². The predicted octanol–water partition coefficient (Wildman–Crippen LogP) is 4.73. The number of carbonyl (C=O) groups excluding carboxylic acids is 3. The van der Waals surface area contributed by atoms with Crippen molar-refractivity contribution in [3.63, 3.8) is 0 Å². The summed E-state index contributed by atoms with van der Waals surface area (Å²) in [4.78, 5) is 51.0. The van der Waals surface area contributed by atoms with Gasteiger partial charge in [0.15, 0.2) is 0 Å². The van der Waals surface area contributed by atoms with Gasteiger partial charge in [-0.2, -0.15) is 5.10 Å². The lowest BCUT2D eigenvalue weighted by molar-refractivity contribution is -0.133. The largest absolute Gasteiger partial charge is 0.496 e. The fourth-order valence-electron chi connectivity index (χ4n) is 7.87. The lowest BCUT2D eigenvalue weighted by Gasteiger charge is -2.32. The van der Waals surface area contributed by atoms with E-state index in [-0.39, 0.29) is 36.2 Å². The van der Waals surface area contributed by atoms with E-state index in [1.165, 1.54) is 17.4 Å². The summed E-state index contributed by atoms with van der Waals surface area (Å²) in [7, 11) is 4.88. The third-order valence-electron chi connectivity index (χ3n) is 11.1. The number of benzene rings is 2. The zero-order valence-corrected chi connectivity index (χ0v) is 33.2. The maximum absolute atomic E-state index is 14.9. The molecule has 2 saturated heterocycles. The fraction of sp³-hybridized carbons (Fsp3) is 0.500. The van der Waals surface area contributed by atoms with E-state index in [1.807, 2.05) is 18.2 Å². The maximum Gasteiger partial charge on any atom is 0.276 e. The van der Waals surface area contributed by atoms with E-state index in [2.05, 4.69) is 36.4 Å². The Morgan fingerprint density at radius 1 is 0.965 bits per heavy atom. The van der Waals surface area contributed by atoms with Crippen LogP contribution < -0.4 is 36.3 Å². The zero-order valence-electron chi connectivity index (χ0n) is 33.2. The Bertz CT molecular complexity index is 2070. The molecule has 6 rings (SSSR count). The van der Waals surface area contributed by atoms with Gasteiger partial charge in [-0.15, -0.1) is 0 Å². The average Bonchev–Trinajstić information content (AvgIpc) is 3.71. The van der Waals surface area contributed by atoms with Crippen LogP contribution in [0.1, 0.15) is 81.3 Å². The number of fused-ring (bicyclic) bond motifs is 1. The molecule has 1 atom stereocenters. The molecule has 0 spiro atoms. The highest BCUT2D eigenvalue weighted by Gasteiger charge is 2.28. The number of pyridine rings is 1. The third-order valence-corrected chi connectivity index (χ3v) is 11.1. The van der Waals surface area contributed by atoms with E-state index in [0.717, 1.165) is 80.4 Å². The summed E-state index contributed by atoms with van der Waals surface area (Å²) >= 11 is 0. The monoisotopic (exact) mass is 786 g/mol. The molecule has 2 aromatic heterocycles. The molecule has 14 nitrogen and oxygen atoms in total. The SMILES string of the molecule is COc1cc(-c2cn(C)c(=O)c3[nH]ncc23)cc(OC)c1CNCC(=O)NCCCCCCCCN1CCC(c2ccc(NC3CCC(=O)NC3=O)c(F)c2)CC1. The normalized spacial score (nSPS) is 16.5. The molecular formula is C42H55FN8O6. The number of H-pyrrole nitrogens is 1. The molecule has 0 radical (unpaired) electrons. The van der Waals surface area contributed by atoms with Gasteiger partial charge in [-0.3, -0.25) is 29.6 Å². The number of ether oxygens (including phenoxy) is 2. The molecule has 2 aliphatic heterocycles. The predicted molar refractivity (Wildman–Crippen MR) is 217 cm³/mol. The van der Waals surface area contributed by atoms with E-state index in [0.29, 0.717) is 53.5 Å². The number of amides is 3. The number of methoxy groups -OCH3 is 2. The Labute approximate surface area is 332 Å². The molecule has 0 aliphatic carbocycles. The molecule has 4 heterocycles. The van der Waals surface area contributed by atoms with Crippen molar-refractivity contribution in [3.05, 3.63) is 70.0 Å². The summed E-state index contributed by atoms with van der Waals surface area (Å²) in [6.45, 7) is 4.24. The first kappa shape index (κ1) is 41.4. The summed E-state index contributed by atoms with van der Waals surface area (Å²) in [6, 6.07) is 8.45. The van der Waals surface area contributed by atoms with Crippen LogP contribution in [0.2, 0.25) is 0 Å². The van der Waals surface area contributed by atoms with Crippen molar-refractivity contribution in [2.75, 3.05) is 52.3 Å². The number of likely N-dealkylation sites (tertiary alicyclic amines) is 1. The van der Waals surface area contributed by atoms with Gasteiger partial charge < -0.3 is 34.9 Å². The molecule has 2 aromatic carbocycles. The summed E-state index contributed by atoms with van der Waals surface area (Å²) in [5.41, 5.74) is 3.97. The van der Waals surface area contributed by atoms with E-state index in [4.69, 9.17) is 9.47 Å². The standard InChI is InChI=1S/C42H55FN8O6/c1-50-26-32(30-24-46-49-40(30)42(50)55)29-21-36(56-2)31(37(22-29)57-3)23-44-25-39(53)45-16-8-6-4-5-7-9-17-51-18-14-27(15-19-51)28-10-11-34(33(43)20-28)47-35-12-13-38(52)48-41(35)54/h10-11,20-22,24,26-27,35,44,47H,4-9,12-19,23,25H2,1-3H3,(H,45,53)(H,46,49)(H,48,52,54). The average molecular weight is 787 g/mol. The van der Waals surface area contributed by atoms with Crippen LogP contribution in [0.4, 0.5) is 10.1 Å². The molecule has 2 fully saturated rings. The molecule has 0 saturated carbocycles. The number of carbonyl (C=O) groups is 3. The number of hydrogen-bond acceptors (Lipinski definition) is 10. The quantitative estimate of drug-likeness (QED) is 0.0662. The summed E-state index contributed by atoms with van der Waals surface area (Å²) in [5.74, 6) is 0.393. The lowest BCUT2D eigenvalue weighted by atomic mass is 9.89. The first-order valence-electron chi connectivity index (χ1n) is 20.0. The number of aromatic nitrogens is 3. The van der Waals surface area contributed by atoms with Crippen LogP contribution in [0.5, 0.6) is 11.5 Å². The van der Waals surface area contributed by atoms with Gasteiger partial charge >= 0.3 is 0 Å². The van der Waals surface area contributed by atoms with Crippen LogP contribution >= 0.6 is 0 Å². The van der Waals surface area contributed by atoms with Crippen molar-refractivity contribution in [1.82, 2.24) is 35.6 Å². The topological polar surface area (TPSA) is 172 Å². The van der Waals surface area contributed by atoms with Gasteiger partial charge in [0.25, 0.3) is 5.56 Å². The number of anilines is 1. The molecule has 3 amide bonds. The number of imide groups is 1. The van der Waals surface area contributed by atoms with Gasteiger partial charge in [0.1, 0.15) is 28.9 Å². The second-order valence-electron chi connectivity index (χ2n) is 15.1. The van der Waals surface area contributed by atoms with Crippen LogP contribution in [0.3, 0.4) is 0 Å². The Morgan fingerprint density at radius 2 is 1.68 bits per heavy atom. The van der Waals surface area contributed by atoms with E-state index in [9.17, 15) is 23.6 Å². The smallest absolute Gasteiger partial charge is 0.276 e. The summed E-state index contributed by atoms with van der Waals surface area (Å²) in [5, 5.41) is 19.0. The number of hydrogen-bond donors (Lipinski definition) is 5. The minimum absolute atomic E-state index is 0.0650. The van der Waals surface area contributed by atoms with Gasteiger partial charge in [0, 0.05) is 49.3 Å². The molecule has 306 valence electrons. The second kappa shape index (κ2) is 19.7. The number of rotatable bonds is 19. The van der Waals surface area contributed by atoms with Crippen molar-refractivity contribution in [3.8, 4) is 22.6 Å². The Morgan fingerprint density at radius 3 is 2.39 bits per heavy atom. The lowest BCUT2D eigenvalue weighted by Crippen LogP contribution is -2.47. The molecule has 1 unspecified atom stereocenters. The number of halogens is 1. The fourth-order valence-corrected chi connectivity index (χ4v) is 7.87. The van der Waals surface area contributed by atoms with Gasteiger partial charge in [0.2, 0.25) is 17.7 Å². The molecule has 0 bridgehead atoms. The maximum atomic E-state index is 14.9. The number of aryl methyl sites for hydroxylation is 1. The molecule has 15 heteroatoms. The number of nitrogens with one attached hydrogen (secondary N) is 5. The zero-order chi connectivity index (χ0) is 40.3. The van der Waals surface area contributed by atoms with Crippen molar-refractivity contribution in [2.45, 2.75) is 82.7 Å². The number of aromatic amines is 1. The van der Waals surface area contributed by atoms with Gasteiger partial charge in [0.05, 0.1) is 32.6 Å². The molecule has 2 aliphatic rings. The van der Waals surface area contributed by atoms with Gasteiger partial charge in [-0.05, 0) is 93.0 Å². The highest BCUT2D eigenvalue weighted by Crippen LogP contribution is 2.37. The van der Waals surface area contributed by atoms with Gasteiger partial charge in [-0.1, -0.05) is 31.7 Å². The van der Waals surface area contributed by atoms with E-state index < -0.39 is 11.9 Å². The number of piperidine rings is 2. The van der Waals surface area contributed by atoms with Crippen molar-refractivity contribution in [2.24, 2.45) is 7.05 Å². The Hall–Kier alpha value is -5.28. The molecule has 5 N–H and O–H groups in total. The van der Waals surface area contributed by atoms with E-state index in [1.54, 1.807) is 45.8 Å². The second-order valence-corrected chi connectivity index (χ2v) is 15.1. The molecule has 4 aromatic rings. The van der Waals surface area contributed by atoms with Crippen LogP contribution in [-0.4, -0.2) is 90.4 Å². The summed E-state index contributed by atoms with van der Waals surface area (Å²) in [6.07, 6.45) is 12.6. The number of unbranched alkanes of at least 4 members (excludes halogenated alkanes) is 5. The van der Waals surface area contributed by atoms with Crippen molar-refractivity contribution in [1.29, 1.82) is 0 Å². The van der Waals surface area contributed by atoms with Crippen LogP contribution in [0, 0.1) is 5.82 Å². The highest BCUT2D eigenvalue weighted by atomic mass is 19.1. The first-order valence-corrected chi connectivity index (χ1v) is 20.0. The Kier molecular flexibility index (Phi) is 14.3. The molecular weight excluding hydrogens is 732 g/mol. The Balaban J connectivity index is 0.821. The van der Waals surface area contributed by atoms with Gasteiger partial charge in [-0.25, -0.2) is 4.39 Å². The van der Waals surface area contributed by atoms with E-state index >= 15 is 0 Å². The number of nitrogens with zero attached hydrogens (tertiary/aromatic N) is 3.